The molecule has 5 heteroatoms. The Labute approximate surface area is 124 Å². The molecule has 0 aliphatic carbocycles. The number of aromatic amines is 1. The number of fused-ring (bicyclic) bond motifs is 1. The topological polar surface area (TPSA) is 57.8 Å². The summed E-state index contributed by atoms with van der Waals surface area (Å²) >= 11 is 3.45. The fraction of sp³-hybridized carbons (Fsp3) is 0.0667. The molecule has 1 aromatic carbocycles. The maximum Gasteiger partial charge on any atom is 0.272 e. The zero-order valence-corrected chi connectivity index (χ0v) is 12.4. The number of hydrogen-bond donors (Lipinski definition) is 2. The van der Waals surface area contributed by atoms with Gasteiger partial charge in [0.25, 0.3) is 5.91 Å². The standard InChI is InChI=1S/C15H12BrN3O/c1-9-4-5-11(10(16)7-9)19-15(20)14-8-13-12(18-14)3-2-6-17-13/h2-8,18H,1H3,(H,19,20). The second-order valence-electron chi connectivity index (χ2n) is 4.56. The van der Waals surface area contributed by atoms with Gasteiger partial charge in [0, 0.05) is 10.7 Å². The summed E-state index contributed by atoms with van der Waals surface area (Å²) in [5.74, 6) is -0.187. The number of carbonyl (C=O) groups excluding carboxylic acids is 1. The van der Waals surface area contributed by atoms with Crippen LogP contribution in [0.25, 0.3) is 11.0 Å². The Morgan fingerprint density at radius 2 is 2.15 bits per heavy atom. The van der Waals surface area contributed by atoms with Gasteiger partial charge in [-0.25, -0.2) is 0 Å². The molecular formula is C15H12BrN3O. The predicted molar refractivity (Wildman–Crippen MR) is 82.9 cm³/mol. The van der Waals surface area contributed by atoms with E-state index in [0.29, 0.717) is 5.69 Å². The number of nitrogens with zero attached hydrogens (tertiary/aromatic N) is 1. The van der Waals surface area contributed by atoms with E-state index in [2.05, 4.69) is 31.2 Å². The van der Waals surface area contributed by atoms with Gasteiger partial charge in [-0.3, -0.25) is 9.78 Å². The number of halogens is 1. The van der Waals surface area contributed by atoms with Crippen LogP contribution in [0.3, 0.4) is 0 Å². The van der Waals surface area contributed by atoms with Crippen molar-refractivity contribution in [3.63, 3.8) is 0 Å². The van der Waals surface area contributed by atoms with Gasteiger partial charge in [0.2, 0.25) is 0 Å². The van der Waals surface area contributed by atoms with E-state index >= 15 is 0 Å². The third kappa shape index (κ3) is 2.44. The lowest BCUT2D eigenvalue weighted by molar-refractivity contribution is 0.102. The van der Waals surface area contributed by atoms with Gasteiger partial charge >= 0.3 is 0 Å². The molecular weight excluding hydrogens is 318 g/mol. The first kappa shape index (κ1) is 12.9. The maximum absolute atomic E-state index is 12.2. The molecule has 0 atom stereocenters. The number of amides is 1. The molecule has 0 radical (unpaired) electrons. The summed E-state index contributed by atoms with van der Waals surface area (Å²) in [4.78, 5) is 19.5. The van der Waals surface area contributed by atoms with Crippen LogP contribution >= 0.6 is 15.9 Å². The van der Waals surface area contributed by atoms with Crippen molar-refractivity contribution in [2.45, 2.75) is 6.92 Å². The van der Waals surface area contributed by atoms with Crippen molar-refractivity contribution in [1.29, 1.82) is 0 Å². The minimum atomic E-state index is -0.187. The second-order valence-corrected chi connectivity index (χ2v) is 5.41. The first-order valence-electron chi connectivity index (χ1n) is 6.15. The molecule has 0 bridgehead atoms. The first-order valence-corrected chi connectivity index (χ1v) is 6.94. The van der Waals surface area contributed by atoms with Crippen LogP contribution in [0.5, 0.6) is 0 Å². The molecule has 2 aromatic heterocycles. The SMILES string of the molecule is Cc1ccc(NC(=O)c2cc3ncccc3[nH]2)c(Br)c1. The normalized spacial score (nSPS) is 10.7. The van der Waals surface area contributed by atoms with E-state index in [9.17, 15) is 4.79 Å². The number of aryl methyl sites for hydroxylation is 1. The number of carbonyl (C=O) groups is 1. The Morgan fingerprint density at radius 3 is 2.90 bits per heavy atom. The van der Waals surface area contributed by atoms with E-state index in [-0.39, 0.29) is 5.91 Å². The summed E-state index contributed by atoms with van der Waals surface area (Å²) in [6, 6.07) is 11.2. The van der Waals surface area contributed by atoms with Gasteiger partial charge in [0.1, 0.15) is 5.69 Å². The van der Waals surface area contributed by atoms with Crippen molar-refractivity contribution in [2.75, 3.05) is 5.32 Å². The summed E-state index contributed by atoms with van der Waals surface area (Å²) in [6.07, 6.45) is 1.70. The van der Waals surface area contributed by atoms with E-state index in [1.54, 1.807) is 12.3 Å². The Hall–Kier alpha value is -2.14. The molecule has 0 unspecified atom stereocenters. The van der Waals surface area contributed by atoms with E-state index in [1.807, 2.05) is 37.3 Å². The quantitative estimate of drug-likeness (QED) is 0.749. The second kappa shape index (κ2) is 5.09. The molecule has 20 heavy (non-hydrogen) atoms. The lowest BCUT2D eigenvalue weighted by Crippen LogP contribution is -2.12. The molecule has 0 saturated carbocycles. The number of benzene rings is 1. The number of rotatable bonds is 2. The molecule has 2 N–H and O–H groups in total. The van der Waals surface area contributed by atoms with Crippen molar-refractivity contribution in [3.05, 3.63) is 58.3 Å². The number of H-pyrrole nitrogens is 1. The van der Waals surface area contributed by atoms with Crippen LogP contribution in [-0.4, -0.2) is 15.9 Å². The highest BCUT2D eigenvalue weighted by Crippen LogP contribution is 2.24. The molecule has 1 amide bonds. The third-order valence-electron chi connectivity index (χ3n) is 3.01. The molecule has 3 rings (SSSR count). The predicted octanol–water partition coefficient (Wildman–Crippen LogP) is 3.89. The average molecular weight is 330 g/mol. The largest absolute Gasteiger partial charge is 0.349 e. The van der Waals surface area contributed by atoms with Gasteiger partial charge in [0.05, 0.1) is 16.7 Å². The van der Waals surface area contributed by atoms with Gasteiger partial charge in [-0.2, -0.15) is 0 Å². The number of hydrogen-bond acceptors (Lipinski definition) is 2. The molecule has 4 nitrogen and oxygen atoms in total. The highest BCUT2D eigenvalue weighted by Gasteiger charge is 2.11. The zero-order valence-electron chi connectivity index (χ0n) is 10.8. The molecule has 2 heterocycles. The first-order chi connectivity index (χ1) is 9.63. The van der Waals surface area contributed by atoms with E-state index < -0.39 is 0 Å². The fourth-order valence-electron chi connectivity index (χ4n) is 1.99. The molecule has 0 aliphatic rings. The molecule has 100 valence electrons. The number of aromatic nitrogens is 2. The van der Waals surface area contributed by atoms with Crippen LogP contribution in [0.15, 0.2) is 47.1 Å². The third-order valence-corrected chi connectivity index (χ3v) is 3.66. The Balaban J connectivity index is 1.89. The molecule has 3 aromatic rings. The summed E-state index contributed by atoms with van der Waals surface area (Å²) in [5, 5.41) is 2.87. The summed E-state index contributed by atoms with van der Waals surface area (Å²) in [7, 11) is 0. The van der Waals surface area contributed by atoms with Gasteiger partial charge in [-0.15, -0.1) is 0 Å². The Bertz CT molecular complexity index is 762. The monoisotopic (exact) mass is 329 g/mol. The van der Waals surface area contributed by atoms with E-state index in [0.717, 1.165) is 26.8 Å². The van der Waals surface area contributed by atoms with Crippen LogP contribution in [0.2, 0.25) is 0 Å². The minimum Gasteiger partial charge on any atom is -0.349 e. The smallest absolute Gasteiger partial charge is 0.272 e. The van der Waals surface area contributed by atoms with Crippen molar-refractivity contribution in [3.8, 4) is 0 Å². The fourth-order valence-corrected chi connectivity index (χ4v) is 2.58. The van der Waals surface area contributed by atoms with Crippen molar-refractivity contribution in [2.24, 2.45) is 0 Å². The van der Waals surface area contributed by atoms with Crippen molar-refractivity contribution >= 4 is 38.6 Å². The van der Waals surface area contributed by atoms with Crippen molar-refractivity contribution < 1.29 is 4.79 Å². The Morgan fingerprint density at radius 1 is 1.30 bits per heavy atom. The number of anilines is 1. The lowest BCUT2D eigenvalue weighted by Gasteiger charge is -2.06. The molecule has 0 saturated heterocycles. The van der Waals surface area contributed by atoms with Gasteiger partial charge < -0.3 is 10.3 Å². The molecule has 0 aliphatic heterocycles. The number of pyridine rings is 1. The number of nitrogens with one attached hydrogen (secondary N) is 2. The van der Waals surface area contributed by atoms with Crippen LogP contribution in [0.4, 0.5) is 5.69 Å². The highest BCUT2D eigenvalue weighted by molar-refractivity contribution is 9.10. The van der Waals surface area contributed by atoms with Gasteiger partial charge in [0.15, 0.2) is 0 Å². The highest BCUT2D eigenvalue weighted by atomic mass is 79.9. The van der Waals surface area contributed by atoms with Crippen LogP contribution in [0.1, 0.15) is 16.1 Å². The van der Waals surface area contributed by atoms with Crippen LogP contribution < -0.4 is 5.32 Å². The van der Waals surface area contributed by atoms with E-state index in [4.69, 9.17) is 0 Å². The van der Waals surface area contributed by atoms with Gasteiger partial charge in [-0.1, -0.05) is 6.07 Å². The van der Waals surface area contributed by atoms with E-state index in [1.165, 1.54) is 0 Å². The minimum absolute atomic E-state index is 0.187. The molecule has 0 spiro atoms. The molecule has 0 fully saturated rings. The van der Waals surface area contributed by atoms with Crippen molar-refractivity contribution in [1.82, 2.24) is 9.97 Å². The van der Waals surface area contributed by atoms with Crippen LogP contribution in [0, 0.1) is 6.92 Å². The maximum atomic E-state index is 12.2. The Kier molecular flexibility index (Phi) is 3.28. The summed E-state index contributed by atoms with van der Waals surface area (Å²) in [5.41, 5.74) is 3.99. The summed E-state index contributed by atoms with van der Waals surface area (Å²) < 4.78 is 0.861. The van der Waals surface area contributed by atoms with Gasteiger partial charge in [-0.05, 0) is 58.7 Å². The van der Waals surface area contributed by atoms with Crippen LogP contribution in [-0.2, 0) is 0 Å². The lowest BCUT2D eigenvalue weighted by atomic mass is 10.2. The average Bonchev–Trinajstić information content (AvgIpc) is 2.86. The summed E-state index contributed by atoms with van der Waals surface area (Å²) in [6.45, 7) is 2.00. The zero-order chi connectivity index (χ0) is 14.1.